The number of piperidine rings is 1. The van der Waals surface area contributed by atoms with Crippen molar-refractivity contribution in [2.75, 3.05) is 13.1 Å². The molecular weight excluding hydrogens is 278 g/mol. The van der Waals surface area contributed by atoms with Crippen molar-refractivity contribution < 1.29 is 4.79 Å². The lowest BCUT2D eigenvalue weighted by Crippen LogP contribution is -2.34. The predicted molar refractivity (Wildman–Crippen MR) is 73.8 cm³/mol. The highest BCUT2D eigenvalue weighted by Gasteiger charge is 2.14. The van der Waals surface area contributed by atoms with Crippen molar-refractivity contribution in [1.29, 1.82) is 0 Å². The van der Waals surface area contributed by atoms with Gasteiger partial charge < -0.3 is 4.90 Å². The van der Waals surface area contributed by atoms with Gasteiger partial charge in [-0.1, -0.05) is 30.3 Å². The van der Waals surface area contributed by atoms with Crippen LogP contribution in [-0.4, -0.2) is 23.9 Å². The lowest BCUT2D eigenvalue weighted by molar-refractivity contribution is -0.126. The van der Waals surface area contributed by atoms with Gasteiger partial charge >= 0.3 is 0 Å². The van der Waals surface area contributed by atoms with Crippen LogP contribution in [0.5, 0.6) is 0 Å². The molecule has 0 saturated carbocycles. The maximum atomic E-state index is 12.0. The Kier molecular flexibility index (Phi) is 4.37. The lowest BCUT2D eigenvalue weighted by Gasteiger charge is -2.25. The first-order chi connectivity index (χ1) is 8.27. The summed E-state index contributed by atoms with van der Waals surface area (Å²) in [5.74, 6) is 0.112. The summed E-state index contributed by atoms with van der Waals surface area (Å²) in [6.07, 6.45) is 5.18. The van der Waals surface area contributed by atoms with Crippen molar-refractivity contribution >= 4 is 26.3 Å². The fourth-order valence-corrected chi connectivity index (χ4v) is 2.45. The number of hydrogen-bond acceptors (Lipinski definition) is 1. The maximum Gasteiger partial charge on any atom is 0.247 e. The SMILES string of the molecule is O=C(/C=C(/Br)c1ccccc1)N1CCCCC1. The van der Waals surface area contributed by atoms with Gasteiger partial charge in [-0.15, -0.1) is 0 Å². The van der Waals surface area contributed by atoms with Gasteiger partial charge in [0.15, 0.2) is 0 Å². The quantitative estimate of drug-likeness (QED) is 0.765. The summed E-state index contributed by atoms with van der Waals surface area (Å²) in [6, 6.07) is 9.88. The third kappa shape index (κ3) is 3.43. The molecule has 90 valence electrons. The van der Waals surface area contributed by atoms with E-state index in [1.807, 2.05) is 35.2 Å². The second-order valence-electron chi connectivity index (χ2n) is 4.24. The van der Waals surface area contributed by atoms with Crippen molar-refractivity contribution in [1.82, 2.24) is 4.90 Å². The van der Waals surface area contributed by atoms with Crippen LogP contribution in [0.3, 0.4) is 0 Å². The molecule has 0 aromatic heterocycles. The molecule has 1 heterocycles. The zero-order chi connectivity index (χ0) is 12.1. The van der Waals surface area contributed by atoms with E-state index in [0.717, 1.165) is 36.0 Å². The summed E-state index contributed by atoms with van der Waals surface area (Å²) in [4.78, 5) is 13.9. The highest BCUT2D eigenvalue weighted by Crippen LogP contribution is 2.21. The van der Waals surface area contributed by atoms with E-state index in [4.69, 9.17) is 0 Å². The van der Waals surface area contributed by atoms with Gasteiger partial charge in [0.1, 0.15) is 0 Å². The normalized spacial score (nSPS) is 17.0. The van der Waals surface area contributed by atoms with Crippen LogP contribution in [0.15, 0.2) is 36.4 Å². The zero-order valence-corrected chi connectivity index (χ0v) is 11.3. The van der Waals surface area contributed by atoms with Crippen molar-refractivity contribution in [3.05, 3.63) is 42.0 Å². The summed E-state index contributed by atoms with van der Waals surface area (Å²) >= 11 is 3.47. The minimum atomic E-state index is 0.112. The lowest BCUT2D eigenvalue weighted by atomic mass is 10.1. The standard InChI is InChI=1S/C14H16BrNO/c15-13(12-7-3-1-4-8-12)11-14(17)16-9-5-2-6-10-16/h1,3-4,7-8,11H,2,5-6,9-10H2/b13-11+. The van der Waals surface area contributed by atoms with Crippen molar-refractivity contribution in [3.63, 3.8) is 0 Å². The van der Waals surface area contributed by atoms with Gasteiger partial charge in [-0.25, -0.2) is 0 Å². The number of hydrogen-bond donors (Lipinski definition) is 0. The van der Waals surface area contributed by atoms with E-state index in [2.05, 4.69) is 15.9 Å². The molecule has 2 nitrogen and oxygen atoms in total. The molecule has 1 saturated heterocycles. The van der Waals surface area contributed by atoms with Crippen LogP contribution in [0, 0.1) is 0 Å². The number of likely N-dealkylation sites (tertiary alicyclic amines) is 1. The van der Waals surface area contributed by atoms with Crippen LogP contribution in [0.1, 0.15) is 24.8 Å². The average molecular weight is 294 g/mol. The highest BCUT2D eigenvalue weighted by atomic mass is 79.9. The first-order valence-electron chi connectivity index (χ1n) is 5.99. The number of benzene rings is 1. The Bertz CT molecular complexity index is 407. The van der Waals surface area contributed by atoms with Gasteiger partial charge in [-0.3, -0.25) is 4.79 Å². The van der Waals surface area contributed by atoms with E-state index in [9.17, 15) is 4.79 Å². The fraction of sp³-hybridized carbons (Fsp3) is 0.357. The molecule has 1 aromatic carbocycles. The summed E-state index contributed by atoms with van der Waals surface area (Å²) in [7, 11) is 0. The molecule has 0 bridgehead atoms. The second-order valence-corrected chi connectivity index (χ2v) is 5.10. The van der Waals surface area contributed by atoms with Crippen molar-refractivity contribution in [2.24, 2.45) is 0 Å². The zero-order valence-electron chi connectivity index (χ0n) is 9.73. The molecule has 3 heteroatoms. The van der Waals surface area contributed by atoms with E-state index in [1.165, 1.54) is 6.42 Å². The van der Waals surface area contributed by atoms with E-state index in [1.54, 1.807) is 6.08 Å². The molecule has 1 aromatic rings. The van der Waals surface area contributed by atoms with Gasteiger partial charge in [0.05, 0.1) is 0 Å². The van der Waals surface area contributed by atoms with Crippen LogP contribution in [0.2, 0.25) is 0 Å². The van der Waals surface area contributed by atoms with Gasteiger partial charge in [-0.2, -0.15) is 0 Å². The molecule has 0 spiro atoms. The minimum absolute atomic E-state index is 0.112. The minimum Gasteiger partial charge on any atom is -0.339 e. The molecule has 17 heavy (non-hydrogen) atoms. The first kappa shape index (κ1) is 12.4. The van der Waals surface area contributed by atoms with Crippen LogP contribution >= 0.6 is 15.9 Å². The summed E-state index contributed by atoms with van der Waals surface area (Å²) < 4.78 is 0.855. The molecular formula is C14H16BrNO. The Labute approximate surface area is 110 Å². The topological polar surface area (TPSA) is 20.3 Å². The van der Waals surface area contributed by atoms with Gasteiger partial charge in [0, 0.05) is 23.6 Å². The van der Waals surface area contributed by atoms with Gasteiger partial charge in [0.25, 0.3) is 0 Å². The average Bonchev–Trinajstić information content (AvgIpc) is 2.40. The van der Waals surface area contributed by atoms with Crippen LogP contribution in [0.4, 0.5) is 0 Å². The first-order valence-corrected chi connectivity index (χ1v) is 6.78. The molecule has 0 radical (unpaired) electrons. The summed E-state index contributed by atoms with van der Waals surface area (Å²) in [5, 5.41) is 0. The predicted octanol–water partition coefficient (Wildman–Crippen LogP) is 3.43. The van der Waals surface area contributed by atoms with Crippen molar-refractivity contribution in [3.8, 4) is 0 Å². The van der Waals surface area contributed by atoms with E-state index >= 15 is 0 Å². The third-order valence-corrected chi connectivity index (χ3v) is 3.65. The number of nitrogens with zero attached hydrogens (tertiary/aromatic N) is 1. The Morgan fingerprint density at radius 1 is 1.12 bits per heavy atom. The Morgan fingerprint density at radius 2 is 1.76 bits per heavy atom. The second kappa shape index (κ2) is 6.01. The number of carbonyl (C=O) groups excluding carboxylic acids is 1. The molecule has 0 atom stereocenters. The molecule has 1 amide bonds. The van der Waals surface area contributed by atoms with Crippen molar-refractivity contribution in [2.45, 2.75) is 19.3 Å². The van der Waals surface area contributed by atoms with E-state index in [0.29, 0.717) is 0 Å². The number of carbonyl (C=O) groups is 1. The molecule has 1 aliphatic heterocycles. The van der Waals surface area contributed by atoms with Crippen LogP contribution in [0.25, 0.3) is 4.48 Å². The maximum absolute atomic E-state index is 12.0. The highest BCUT2D eigenvalue weighted by molar-refractivity contribution is 9.15. The number of halogens is 1. The third-order valence-electron chi connectivity index (χ3n) is 2.97. The molecule has 0 N–H and O–H groups in total. The van der Waals surface area contributed by atoms with Crippen LogP contribution in [-0.2, 0) is 4.79 Å². The molecule has 0 aliphatic carbocycles. The summed E-state index contributed by atoms with van der Waals surface area (Å²) in [6.45, 7) is 1.79. The van der Waals surface area contributed by atoms with Gasteiger partial charge in [-0.05, 0) is 40.8 Å². The summed E-state index contributed by atoms with van der Waals surface area (Å²) in [5.41, 5.74) is 1.04. The molecule has 0 unspecified atom stereocenters. The Hall–Kier alpha value is -1.09. The molecule has 1 fully saturated rings. The fourth-order valence-electron chi connectivity index (χ4n) is 1.99. The number of amides is 1. The largest absolute Gasteiger partial charge is 0.339 e. The van der Waals surface area contributed by atoms with Gasteiger partial charge in [0.2, 0.25) is 5.91 Å². The van der Waals surface area contributed by atoms with E-state index in [-0.39, 0.29) is 5.91 Å². The smallest absolute Gasteiger partial charge is 0.247 e. The van der Waals surface area contributed by atoms with Crippen LogP contribution < -0.4 is 0 Å². The van der Waals surface area contributed by atoms with E-state index < -0.39 is 0 Å². The molecule has 2 rings (SSSR count). The molecule has 1 aliphatic rings. The Morgan fingerprint density at radius 3 is 2.41 bits per heavy atom. The monoisotopic (exact) mass is 293 g/mol. The number of rotatable bonds is 2. The Balaban J connectivity index is 2.05.